The Kier molecular flexibility index (Phi) is 4.24. The van der Waals surface area contributed by atoms with Crippen molar-refractivity contribution < 1.29 is 14.3 Å². The van der Waals surface area contributed by atoms with Gasteiger partial charge in [0.05, 0.1) is 5.68 Å². The first-order valence-corrected chi connectivity index (χ1v) is 7.27. The predicted octanol–water partition coefficient (Wildman–Crippen LogP) is 0.872. The number of esters is 1. The molecule has 1 atom stereocenters. The second-order valence-corrected chi connectivity index (χ2v) is 6.47. The van der Waals surface area contributed by atoms with Crippen molar-refractivity contribution in [3.05, 3.63) is 28.8 Å². The Hall–Kier alpha value is -1.62. The fourth-order valence-corrected chi connectivity index (χ4v) is 3.25. The summed E-state index contributed by atoms with van der Waals surface area (Å²) < 4.78 is 5.60. The van der Waals surface area contributed by atoms with Crippen molar-refractivity contribution >= 4 is 19.5 Å². The van der Waals surface area contributed by atoms with Crippen LogP contribution in [0, 0.1) is 6.92 Å². The van der Waals surface area contributed by atoms with Gasteiger partial charge in [-0.25, -0.2) is 4.79 Å². The highest BCUT2D eigenvalue weighted by Crippen LogP contribution is 2.41. The summed E-state index contributed by atoms with van der Waals surface area (Å²) in [6.45, 7) is 6.04. The van der Waals surface area contributed by atoms with Crippen LogP contribution in [0.3, 0.4) is 0 Å². The van der Waals surface area contributed by atoms with Crippen molar-refractivity contribution in [1.82, 2.24) is 5.32 Å². The molecule has 1 unspecified atom stereocenters. The van der Waals surface area contributed by atoms with Crippen LogP contribution >= 0.6 is 0 Å². The molecule has 0 spiro atoms. The Balaban J connectivity index is 2.53. The molecular weight excluding hydrogens is 265 g/mol. The number of carbonyl (C=O) groups excluding carboxylic acids is 2. The number of aryl methyl sites for hydroxylation is 1. The van der Waals surface area contributed by atoms with Gasteiger partial charge >= 0.3 is 5.97 Å². The van der Waals surface area contributed by atoms with Gasteiger partial charge in [0, 0.05) is 18.4 Å². The van der Waals surface area contributed by atoms with Gasteiger partial charge < -0.3 is 14.8 Å². The summed E-state index contributed by atoms with van der Waals surface area (Å²) in [4.78, 5) is 23.6. The molecule has 0 saturated heterocycles. The molecule has 2 rings (SSSR count). The molecule has 1 heterocycles. The van der Waals surface area contributed by atoms with Gasteiger partial charge in [-0.1, -0.05) is 26.0 Å². The molecule has 4 nitrogen and oxygen atoms in total. The topological polar surface area (TPSA) is 55.4 Å². The summed E-state index contributed by atoms with van der Waals surface area (Å²) in [6.07, 6.45) is 1.05. The van der Waals surface area contributed by atoms with Crippen LogP contribution < -0.4 is 10.1 Å². The van der Waals surface area contributed by atoms with Crippen LogP contribution in [0.4, 0.5) is 0 Å². The zero-order valence-corrected chi connectivity index (χ0v) is 13.4. The lowest BCUT2D eigenvalue weighted by Crippen LogP contribution is -2.42. The van der Waals surface area contributed by atoms with Crippen LogP contribution in [0.2, 0.25) is 0 Å². The summed E-state index contributed by atoms with van der Waals surface area (Å²) in [5, 5.41) is 2.97. The third kappa shape index (κ3) is 3.03. The Morgan fingerprint density at radius 2 is 2.14 bits per heavy atom. The number of nitrogens with one attached hydrogen (secondary N) is 1. The summed E-state index contributed by atoms with van der Waals surface area (Å²) >= 11 is 0. The monoisotopic (exact) mass is 287 g/mol. The van der Waals surface area contributed by atoms with Gasteiger partial charge in [0.1, 0.15) is 11.8 Å². The summed E-state index contributed by atoms with van der Waals surface area (Å²) in [5.74, 6) is 0.397. The SMILES string of the molecule is BC(=O)CC(C)(C)c1c(C)ccc2c1OC(=O)C(NC)C2. The van der Waals surface area contributed by atoms with E-state index in [0.29, 0.717) is 18.6 Å². The predicted molar refractivity (Wildman–Crippen MR) is 84.6 cm³/mol. The zero-order valence-electron chi connectivity index (χ0n) is 13.4. The number of likely N-dealkylation sites (N-methyl/N-ethyl adjacent to an activating group) is 1. The first-order chi connectivity index (χ1) is 9.76. The van der Waals surface area contributed by atoms with Gasteiger partial charge in [0.15, 0.2) is 7.85 Å². The lowest BCUT2D eigenvalue weighted by atomic mass is 9.73. The minimum absolute atomic E-state index is 0.132. The molecule has 1 aromatic carbocycles. The van der Waals surface area contributed by atoms with Crippen molar-refractivity contribution in [3.8, 4) is 5.75 Å². The molecule has 0 aliphatic carbocycles. The Morgan fingerprint density at radius 3 is 2.71 bits per heavy atom. The average molecular weight is 287 g/mol. The molecule has 0 saturated carbocycles. The maximum absolute atomic E-state index is 12.0. The smallest absolute Gasteiger partial charge is 0.328 e. The van der Waals surface area contributed by atoms with Gasteiger partial charge in [-0.2, -0.15) is 0 Å². The van der Waals surface area contributed by atoms with Crippen molar-refractivity contribution in [3.63, 3.8) is 0 Å². The van der Waals surface area contributed by atoms with E-state index in [9.17, 15) is 9.59 Å². The summed E-state index contributed by atoms with van der Waals surface area (Å²) in [6, 6.07) is 3.75. The van der Waals surface area contributed by atoms with Gasteiger partial charge in [-0.15, -0.1) is 0 Å². The van der Waals surface area contributed by atoms with E-state index >= 15 is 0 Å². The molecule has 1 N–H and O–H groups in total. The normalized spacial score (nSPS) is 18.1. The molecule has 0 fully saturated rings. The van der Waals surface area contributed by atoms with Crippen LogP contribution in [0.5, 0.6) is 5.75 Å². The second-order valence-electron chi connectivity index (χ2n) is 6.47. The van der Waals surface area contributed by atoms with Gasteiger partial charge in [-0.3, -0.25) is 0 Å². The molecule has 0 bridgehead atoms. The second kappa shape index (κ2) is 5.64. The van der Waals surface area contributed by atoms with E-state index in [0.717, 1.165) is 16.7 Å². The van der Waals surface area contributed by atoms with E-state index in [1.807, 2.05) is 32.9 Å². The van der Waals surface area contributed by atoms with Crippen molar-refractivity contribution in [2.75, 3.05) is 7.05 Å². The molecule has 0 amide bonds. The average Bonchev–Trinajstić information content (AvgIpc) is 2.35. The van der Waals surface area contributed by atoms with E-state index in [1.54, 1.807) is 14.9 Å². The number of ether oxygens (including phenoxy) is 1. The number of hydrogen-bond donors (Lipinski definition) is 1. The summed E-state index contributed by atoms with van der Waals surface area (Å²) in [7, 11) is 3.35. The largest absolute Gasteiger partial charge is 0.425 e. The number of fused-ring (bicyclic) bond motifs is 1. The maximum Gasteiger partial charge on any atom is 0.328 e. The molecule has 1 aliphatic heterocycles. The van der Waals surface area contributed by atoms with Crippen LogP contribution in [0.1, 0.15) is 37.0 Å². The third-order valence-electron chi connectivity index (χ3n) is 4.07. The lowest BCUT2D eigenvalue weighted by Gasteiger charge is -2.32. The minimum atomic E-state index is -0.353. The van der Waals surface area contributed by atoms with Crippen LogP contribution in [0.15, 0.2) is 12.1 Å². The van der Waals surface area contributed by atoms with Crippen LogP contribution in [-0.4, -0.2) is 32.6 Å². The molecule has 1 aromatic rings. The highest BCUT2D eigenvalue weighted by atomic mass is 16.5. The van der Waals surface area contributed by atoms with E-state index in [1.165, 1.54) is 0 Å². The van der Waals surface area contributed by atoms with Gasteiger partial charge in [0.25, 0.3) is 0 Å². The fourth-order valence-electron chi connectivity index (χ4n) is 3.25. The molecule has 0 radical (unpaired) electrons. The van der Waals surface area contributed by atoms with E-state index < -0.39 is 0 Å². The molecule has 5 heteroatoms. The van der Waals surface area contributed by atoms with Crippen molar-refractivity contribution in [2.45, 2.75) is 45.1 Å². The standard InChI is InChI=1S/C16H22BNO3/c1-9-5-6-10-7-11(18-4)15(20)21-14(10)13(9)16(2,3)8-12(17)19/h5-6,11,18H,7-8,17H2,1-4H3. The number of rotatable bonds is 4. The Labute approximate surface area is 126 Å². The van der Waals surface area contributed by atoms with Crippen LogP contribution in [-0.2, 0) is 21.4 Å². The fraction of sp³-hybridized carbons (Fsp3) is 0.500. The minimum Gasteiger partial charge on any atom is -0.425 e. The van der Waals surface area contributed by atoms with Crippen molar-refractivity contribution in [2.24, 2.45) is 0 Å². The van der Waals surface area contributed by atoms with Gasteiger partial charge in [0.2, 0.25) is 0 Å². The number of benzene rings is 1. The van der Waals surface area contributed by atoms with E-state index in [2.05, 4.69) is 5.32 Å². The number of hydrogen-bond acceptors (Lipinski definition) is 4. The number of carbonyl (C=O) groups is 2. The van der Waals surface area contributed by atoms with Crippen molar-refractivity contribution in [1.29, 1.82) is 0 Å². The molecule has 1 aliphatic rings. The van der Waals surface area contributed by atoms with E-state index in [4.69, 9.17) is 4.74 Å². The Morgan fingerprint density at radius 1 is 1.48 bits per heavy atom. The maximum atomic E-state index is 12.0. The quantitative estimate of drug-likeness (QED) is 0.507. The first kappa shape index (κ1) is 15.8. The highest BCUT2D eigenvalue weighted by molar-refractivity contribution is 6.57. The first-order valence-electron chi connectivity index (χ1n) is 7.27. The van der Waals surface area contributed by atoms with Gasteiger partial charge in [-0.05, 0) is 30.5 Å². The molecule has 112 valence electrons. The molecular formula is C16H22BNO3. The highest BCUT2D eigenvalue weighted by Gasteiger charge is 2.34. The van der Waals surface area contributed by atoms with Crippen LogP contribution in [0.25, 0.3) is 0 Å². The summed E-state index contributed by atoms with van der Waals surface area (Å²) in [5.41, 5.74) is 2.82. The van der Waals surface area contributed by atoms with E-state index in [-0.39, 0.29) is 23.1 Å². The lowest BCUT2D eigenvalue weighted by molar-refractivity contribution is -0.137. The Bertz CT molecular complexity index is 595. The zero-order chi connectivity index (χ0) is 15.8. The molecule has 0 aromatic heterocycles. The molecule has 21 heavy (non-hydrogen) atoms. The third-order valence-corrected chi connectivity index (χ3v) is 4.07.